The number of hydrogen-bond donors (Lipinski definition) is 2. The average molecular weight is 321 g/mol. The molecule has 3 amide bonds. The van der Waals surface area contributed by atoms with Gasteiger partial charge in [-0.25, -0.2) is 9.18 Å². The highest BCUT2D eigenvalue weighted by molar-refractivity contribution is 5.79. The Morgan fingerprint density at radius 3 is 2.65 bits per heavy atom. The molecule has 1 saturated heterocycles. The molecule has 126 valence electrons. The second-order valence-corrected chi connectivity index (χ2v) is 6.22. The smallest absolute Gasteiger partial charge is 0.317 e. The molecular weight excluding hydrogens is 297 g/mol. The molecule has 6 heteroatoms. The van der Waals surface area contributed by atoms with Crippen molar-refractivity contribution in [3.05, 3.63) is 35.6 Å². The van der Waals surface area contributed by atoms with E-state index < -0.39 is 0 Å². The number of carbonyl (C=O) groups is 2. The SMILES string of the molecule is CC(C)C(Cc1ccc(F)cc1)NC(=O)N1CCNC(=O)CC1. The minimum Gasteiger partial charge on any atom is -0.354 e. The maximum Gasteiger partial charge on any atom is 0.317 e. The molecule has 1 aromatic rings. The highest BCUT2D eigenvalue weighted by Gasteiger charge is 2.22. The summed E-state index contributed by atoms with van der Waals surface area (Å²) in [5.41, 5.74) is 0.984. The molecule has 23 heavy (non-hydrogen) atoms. The largest absolute Gasteiger partial charge is 0.354 e. The lowest BCUT2D eigenvalue weighted by molar-refractivity contribution is -0.120. The van der Waals surface area contributed by atoms with Crippen LogP contribution < -0.4 is 10.6 Å². The third-order valence-electron chi connectivity index (χ3n) is 4.08. The number of amides is 3. The van der Waals surface area contributed by atoms with E-state index in [-0.39, 0.29) is 29.7 Å². The van der Waals surface area contributed by atoms with Gasteiger partial charge in [0.05, 0.1) is 0 Å². The van der Waals surface area contributed by atoms with E-state index in [2.05, 4.69) is 10.6 Å². The monoisotopic (exact) mass is 321 g/mol. The minimum absolute atomic E-state index is 0.0213. The zero-order chi connectivity index (χ0) is 16.8. The Kier molecular flexibility index (Phi) is 5.96. The van der Waals surface area contributed by atoms with Crippen LogP contribution in [0.1, 0.15) is 25.8 Å². The van der Waals surface area contributed by atoms with Crippen LogP contribution in [0.4, 0.5) is 9.18 Å². The Hall–Kier alpha value is -2.11. The lowest BCUT2D eigenvalue weighted by atomic mass is 9.96. The van der Waals surface area contributed by atoms with E-state index in [4.69, 9.17) is 0 Å². The van der Waals surface area contributed by atoms with Crippen LogP contribution in [-0.4, -0.2) is 42.5 Å². The summed E-state index contributed by atoms with van der Waals surface area (Å²) in [5.74, 6) is -0.0385. The van der Waals surface area contributed by atoms with Crippen molar-refractivity contribution < 1.29 is 14.0 Å². The minimum atomic E-state index is -0.263. The first-order valence-corrected chi connectivity index (χ1v) is 8.02. The predicted octanol–water partition coefficient (Wildman–Crippen LogP) is 1.92. The van der Waals surface area contributed by atoms with Gasteiger partial charge in [-0.05, 0) is 30.0 Å². The second-order valence-electron chi connectivity index (χ2n) is 6.22. The summed E-state index contributed by atoms with van der Waals surface area (Å²) in [4.78, 5) is 25.4. The third-order valence-corrected chi connectivity index (χ3v) is 4.08. The number of rotatable bonds is 4. The van der Waals surface area contributed by atoms with Crippen LogP contribution in [0.25, 0.3) is 0 Å². The van der Waals surface area contributed by atoms with Crippen LogP contribution in [0.3, 0.4) is 0 Å². The summed E-state index contributed by atoms with van der Waals surface area (Å²) in [5, 5.41) is 5.80. The fourth-order valence-corrected chi connectivity index (χ4v) is 2.55. The van der Waals surface area contributed by atoms with Gasteiger partial charge >= 0.3 is 6.03 Å². The Morgan fingerprint density at radius 2 is 2.00 bits per heavy atom. The van der Waals surface area contributed by atoms with Gasteiger partial charge in [-0.2, -0.15) is 0 Å². The van der Waals surface area contributed by atoms with Crippen LogP contribution >= 0.6 is 0 Å². The fourth-order valence-electron chi connectivity index (χ4n) is 2.55. The van der Waals surface area contributed by atoms with Crippen molar-refractivity contribution in [2.75, 3.05) is 19.6 Å². The number of carbonyl (C=O) groups excluding carboxylic acids is 2. The molecule has 1 fully saturated rings. The maximum atomic E-state index is 13.0. The van der Waals surface area contributed by atoms with Crippen LogP contribution in [0.15, 0.2) is 24.3 Å². The zero-order valence-corrected chi connectivity index (χ0v) is 13.6. The van der Waals surface area contributed by atoms with Crippen molar-refractivity contribution in [2.24, 2.45) is 5.92 Å². The molecule has 1 unspecified atom stereocenters. The highest BCUT2D eigenvalue weighted by Crippen LogP contribution is 2.12. The number of urea groups is 1. The fraction of sp³-hybridized carbons (Fsp3) is 0.529. The first kappa shape index (κ1) is 17.2. The van der Waals surface area contributed by atoms with Crippen molar-refractivity contribution in [3.8, 4) is 0 Å². The summed E-state index contributed by atoms with van der Waals surface area (Å²) in [6, 6.07) is 6.15. The molecule has 2 N–H and O–H groups in total. The van der Waals surface area contributed by atoms with Gasteiger partial charge in [0.15, 0.2) is 0 Å². The molecule has 1 atom stereocenters. The van der Waals surface area contributed by atoms with Crippen molar-refractivity contribution in [1.29, 1.82) is 0 Å². The van der Waals surface area contributed by atoms with Gasteiger partial charge in [0.1, 0.15) is 5.82 Å². The van der Waals surface area contributed by atoms with E-state index in [0.717, 1.165) is 5.56 Å². The molecule has 0 radical (unpaired) electrons. The molecule has 0 spiro atoms. The van der Waals surface area contributed by atoms with Gasteiger partial charge in [-0.15, -0.1) is 0 Å². The molecule has 0 aromatic heterocycles. The highest BCUT2D eigenvalue weighted by atomic mass is 19.1. The van der Waals surface area contributed by atoms with Crippen molar-refractivity contribution in [1.82, 2.24) is 15.5 Å². The zero-order valence-electron chi connectivity index (χ0n) is 13.6. The summed E-state index contributed by atoms with van der Waals surface area (Å²) >= 11 is 0. The van der Waals surface area contributed by atoms with Gasteiger partial charge < -0.3 is 15.5 Å². The van der Waals surface area contributed by atoms with Crippen LogP contribution in [0.2, 0.25) is 0 Å². The van der Waals surface area contributed by atoms with Crippen LogP contribution in [0.5, 0.6) is 0 Å². The van der Waals surface area contributed by atoms with Crippen molar-refractivity contribution in [3.63, 3.8) is 0 Å². The summed E-state index contributed by atoms with van der Waals surface area (Å²) in [7, 11) is 0. The van der Waals surface area contributed by atoms with Crippen molar-refractivity contribution in [2.45, 2.75) is 32.7 Å². The normalized spacial score (nSPS) is 16.7. The average Bonchev–Trinajstić information content (AvgIpc) is 2.73. The molecule has 1 aliphatic rings. The molecule has 5 nitrogen and oxygen atoms in total. The van der Waals surface area contributed by atoms with E-state index in [9.17, 15) is 14.0 Å². The number of nitrogens with zero attached hydrogens (tertiary/aromatic N) is 1. The summed E-state index contributed by atoms with van der Waals surface area (Å²) in [6.07, 6.45) is 0.979. The van der Waals surface area contributed by atoms with Gasteiger partial charge in [-0.1, -0.05) is 26.0 Å². The standard InChI is InChI=1S/C17H24FN3O2/c1-12(2)15(11-13-3-5-14(18)6-4-13)20-17(23)21-9-7-16(22)19-8-10-21/h3-6,12,15H,7-11H2,1-2H3,(H,19,22)(H,20,23). The second kappa shape index (κ2) is 7.94. The van der Waals surface area contributed by atoms with E-state index in [0.29, 0.717) is 32.5 Å². The molecule has 1 aliphatic heterocycles. The lowest BCUT2D eigenvalue weighted by Crippen LogP contribution is -2.48. The predicted molar refractivity (Wildman–Crippen MR) is 86.5 cm³/mol. The number of hydrogen-bond acceptors (Lipinski definition) is 2. The lowest BCUT2D eigenvalue weighted by Gasteiger charge is -2.27. The summed E-state index contributed by atoms with van der Waals surface area (Å²) in [6.45, 7) is 5.51. The first-order valence-electron chi connectivity index (χ1n) is 8.02. The Labute approximate surface area is 136 Å². The number of benzene rings is 1. The molecule has 1 heterocycles. The van der Waals surface area contributed by atoms with Crippen molar-refractivity contribution >= 4 is 11.9 Å². The van der Waals surface area contributed by atoms with E-state index >= 15 is 0 Å². The molecule has 2 rings (SSSR count). The Morgan fingerprint density at radius 1 is 1.30 bits per heavy atom. The molecule has 0 bridgehead atoms. The molecular formula is C17H24FN3O2. The molecule has 1 aromatic carbocycles. The van der Waals surface area contributed by atoms with Gasteiger partial charge in [0.2, 0.25) is 5.91 Å². The summed E-state index contributed by atoms with van der Waals surface area (Å²) < 4.78 is 13.0. The van der Waals surface area contributed by atoms with Crippen LogP contribution in [-0.2, 0) is 11.2 Å². The van der Waals surface area contributed by atoms with E-state index in [1.807, 2.05) is 13.8 Å². The Balaban J connectivity index is 1.96. The van der Waals surface area contributed by atoms with Gasteiger partial charge in [0.25, 0.3) is 0 Å². The van der Waals surface area contributed by atoms with E-state index in [1.54, 1.807) is 17.0 Å². The van der Waals surface area contributed by atoms with Gasteiger partial charge in [-0.3, -0.25) is 4.79 Å². The Bertz CT molecular complexity index is 545. The topological polar surface area (TPSA) is 61.4 Å². The first-order chi connectivity index (χ1) is 11.0. The third kappa shape index (κ3) is 5.23. The number of halogens is 1. The van der Waals surface area contributed by atoms with Gasteiger partial charge in [0, 0.05) is 32.1 Å². The molecule has 0 saturated carbocycles. The number of nitrogens with one attached hydrogen (secondary N) is 2. The van der Waals surface area contributed by atoms with E-state index in [1.165, 1.54) is 12.1 Å². The quantitative estimate of drug-likeness (QED) is 0.890. The molecule has 0 aliphatic carbocycles. The van der Waals surface area contributed by atoms with Crippen LogP contribution in [0, 0.1) is 11.7 Å². The maximum absolute atomic E-state index is 13.0.